The first-order valence-electron chi connectivity index (χ1n) is 27.7. The molecule has 0 bridgehead atoms. The number of aromatic carboxylic acids is 1. The Morgan fingerprint density at radius 2 is 1.01 bits per heavy atom. The number of ether oxygens (including phenoxy) is 4. The number of hydrogen-bond donors (Lipinski definition) is 4. The highest BCUT2D eigenvalue weighted by Crippen LogP contribution is 2.37. The molecule has 0 aliphatic heterocycles. The number of nitro groups is 2. The number of nitro benzene ring substituents is 2. The van der Waals surface area contributed by atoms with Crippen molar-refractivity contribution < 1.29 is 71.7 Å². The van der Waals surface area contributed by atoms with Crippen LogP contribution >= 0.6 is 0 Å². The number of Topliss-reactive ketones (excluding diaryl/α,β-unsaturated/α-hetero) is 2. The molecule has 0 aromatic heterocycles. The summed E-state index contributed by atoms with van der Waals surface area (Å²) in [7, 11) is 12.9. The van der Waals surface area contributed by atoms with Crippen LogP contribution in [0, 0.1) is 20.2 Å². The third-order valence-corrected chi connectivity index (χ3v) is 15.3. The van der Waals surface area contributed by atoms with Crippen LogP contribution in [0.2, 0.25) is 0 Å². The van der Waals surface area contributed by atoms with Gasteiger partial charge in [0.15, 0.2) is 15.6 Å². The summed E-state index contributed by atoms with van der Waals surface area (Å²) in [6.45, 7) is 0. The van der Waals surface area contributed by atoms with Gasteiger partial charge in [-0.1, -0.05) is 84.9 Å². The van der Waals surface area contributed by atoms with E-state index in [2.05, 4.69) is 4.74 Å². The van der Waals surface area contributed by atoms with Crippen molar-refractivity contribution in [2.75, 3.05) is 86.3 Å². The first-order chi connectivity index (χ1) is 43.1. The maximum Gasteiger partial charge on any atom is 0.339 e. The highest BCUT2D eigenvalue weighted by molar-refractivity contribution is 7.90. The molecule has 24 heteroatoms. The van der Waals surface area contributed by atoms with Crippen LogP contribution in [0.1, 0.15) is 48.5 Å². The number of carboxylic acids is 1. The van der Waals surface area contributed by atoms with Crippen molar-refractivity contribution in [1.82, 2.24) is 4.90 Å². The van der Waals surface area contributed by atoms with E-state index in [-0.39, 0.29) is 63.7 Å². The molecule has 8 rings (SSSR count). The van der Waals surface area contributed by atoms with E-state index in [1.165, 1.54) is 56.6 Å². The molecule has 8 aromatic rings. The Kier molecular flexibility index (Phi) is 25.5. The fourth-order valence-corrected chi connectivity index (χ4v) is 10.8. The quantitative estimate of drug-likeness (QED) is 0.0212. The predicted molar refractivity (Wildman–Crippen MR) is 347 cm³/mol. The number of amides is 1. The summed E-state index contributed by atoms with van der Waals surface area (Å²) in [6, 6.07) is 45.8. The second-order valence-corrected chi connectivity index (χ2v) is 22.7. The number of sulfone groups is 1. The van der Waals surface area contributed by atoms with Crippen LogP contribution in [-0.2, 0) is 50.9 Å². The molecular weight excluding hydrogens is 1190 g/mol. The van der Waals surface area contributed by atoms with Gasteiger partial charge in [0.2, 0.25) is 11.5 Å². The number of para-hydroxylation sites is 4. The number of methoxy groups -OCH3 is 4. The average Bonchev–Trinajstić information content (AvgIpc) is 0.880. The lowest BCUT2D eigenvalue weighted by Crippen LogP contribution is -2.21. The Morgan fingerprint density at radius 1 is 0.527 bits per heavy atom. The minimum absolute atomic E-state index is 0.0106. The van der Waals surface area contributed by atoms with Crippen LogP contribution < -0.4 is 34.5 Å². The number of ketones is 2. The van der Waals surface area contributed by atoms with Gasteiger partial charge in [-0.2, -0.15) is 0 Å². The van der Waals surface area contributed by atoms with Crippen molar-refractivity contribution in [2.24, 2.45) is 0 Å². The number of carbonyl (C=O) groups excluding carboxylic acids is 3. The summed E-state index contributed by atoms with van der Waals surface area (Å²) in [5.41, 5.74) is 13.1. The lowest BCUT2D eigenvalue weighted by Gasteiger charge is -2.16. The third kappa shape index (κ3) is 19.5. The van der Waals surface area contributed by atoms with E-state index in [0.717, 1.165) is 34.1 Å². The Bertz CT molecular complexity index is 4010. The van der Waals surface area contributed by atoms with E-state index in [4.69, 9.17) is 35.3 Å². The SMILES string of the molecule is COc1c(C(=O)O)cccc1[N+](=O)[O-].COc1c(N)cccc1CC(=O)Cc1cccc(N(C)C)c1.COc1ccc(-c2cccc(C(=O)N(C)C)c2)cc1S(=O)(=O)Cc1cccc(CC(=O)Cc2cccc(N(C)C)c2)c1OC.O=[N+]([O-])c1cccc(O)c1O. The summed E-state index contributed by atoms with van der Waals surface area (Å²) in [4.78, 5) is 73.2. The standard InChI is InChI=1S/C35H38N2O6S.C18H22N2O2.C8H7NO5.C6H5NO4/c1-36(2)30-15-7-10-24(18-30)19-31(38)21-27-12-9-14-29(34(27)43-6)23-44(40,41)33-22-26(16-17-32(33)42-5)25-11-8-13-28(20-25)35(39)37(3)4;1-20(2)15-8-4-6-13(10-15)11-16(21)12-14-7-5-9-17(19)18(14)22-3;1-14-7-5(8(10)11)3-2-4-6(7)9(12)13;8-5-3-1-2-4(6(5)9)7(10)11/h7-18,20,22H,19,21,23H2,1-6H3;4-10H,11-12,19H2,1-3H3;2-4H,1H3,(H,10,11);1-3,8-9H. The fourth-order valence-electron chi connectivity index (χ4n) is 9.23. The number of anilines is 3. The highest BCUT2D eigenvalue weighted by atomic mass is 32.2. The van der Waals surface area contributed by atoms with Crippen LogP contribution in [0.5, 0.6) is 34.5 Å². The lowest BCUT2D eigenvalue weighted by molar-refractivity contribution is -0.386. The van der Waals surface area contributed by atoms with Crippen LogP contribution in [0.4, 0.5) is 28.4 Å². The van der Waals surface area contributed by atoms with Crippen molar-refractivity contribution in [3.63, 3.8) is 0 Å². The molecule has 0 spiro atoms. The number of phenolic OH excluding ortho intramolecular Hbond substituents is 2. The van der Waals surface area contributed by atoms with Gasteiger partial charge in [-0.15, -0.1) is 0 Å². The van der Waals surface area contributed by atoms with Crippen molar-refractivity contribution in [3.05, 3.63) is 223 Å². The van der Waals surface area contributed by atoms with Gasteiger partial charge in [-0.3, -0.25) is 34.6 Å². The number of carboxylic acid groups (broad SMARTS) is 1. The molecule has 0 atom stereocenters. The van der Waals surface area contributed by atoms with Gasteiger partial charge in [0.05, 0.1) is 49.7 Å². The average molecular weight is 1270 g/mol. The number of nitrogens with two attached hydrogens (primary N) is 1. The van der Waals surface area contributed by atoms with E-state index in [1.807, 2.05) is 105 Å². The second kappa shape index (κ2) is 32.8. The summed E-state index contributed by atoms with van der Waals surface area (Å²) < 4.78 is 48.9. The molecule has 0 radical (unpaired) electrons. The number of rotatable bonds is 22. The Hall–Kier alpha value is -11.0. The molecule has 0 aliphatic rings. The van der Waals surface area contributed by atoms with Gasteiger partial charge in [0, 0.05) is 114 Å². The Balaban J connectivity index is 0.000000262. The number of benzene rings is 8. The maximum atomic E-state index is 13.9. The molecule has 0 saturated heterocycles. The van der Waals surface area contributed by atoms with Crippen LogP contribution in [0.3, 0.4) is 0 Å². The summed E-state index contributed by atoms with van der Waals surface area (Å²) >= 11 is 0. The maximum absolute atomic E-state index is 13.9. The molecule has 91 heavy (non-hydrogen) atoms. The van der Waals surface area contributed by atoms with E-state index in [1.54, 1.807) is 81.9 Å². The zero-order chi connectivity index (χ0) is 67.3. The van der Waals surface area contributed by atoms with Crippen LogP contribution in [0.15, 0.2) is 169 Å². The van der Waals surface area contributed by atoms with Gasteiger partial charge >= 0.3 is 17.3 Å². The molecule has 23 nitrogen and oxygen atoms in total. The molecule has 0 fully saturated rings. The van der Waals surface area contributed by atoms with E-state index >= 15 is 0 Å². The molecule has 5 N–H and O–H groups in total. The molecule has 0 unspecified atom stereocenters. The summed E-state index contributed by atoms with van der Waals surface area (Å²) in [6.07, 6.45) is 1.07. The summed E-state index contributed by atoms with van der Waals surface area (Å²) in [5, 5.41) is 47.0. The molecule has 0 aliphatic carbocycles. The van der Waals surface area contributed by atoms with Gasteiger partial charge < -0.3 is 54.7 Å². The monoisotopic (exact) mass is 1260 g/mol. The number of aromatic hydroxyl groups is 2. The van der Waals surface area contributed by atoms with Gasteiger partial charge in [0.25, 0.3) is 5.91 Å². The van der Waals surface area contributed by atoms with E-state index < -0.39 is 42.8 Å². The topological polar surface area (TPSA) is 322 Å². The molecule has 8 aromatic carbocycles. The number of nitrogens with zero attached hydrogens (tertiary/aromatic N) is 5. The second-order valence-electron chi connectivity index (χ2n) is 20.8. The largest absolute Gasteiger partial charge is 0.504 e. The fraction of sp³-hybridized carbons (Fsp3) is 0.224. The highest BCUT2D eigenvalue weighted by Gasteiger charge is 2.26. The molecule has 0 saturated carbocycles. The van der Waals surface area contributed by atoms with Gasteiger partial charge in [-0.05, 0) is 89.0 Å². The lowest BCUT2D eigenvalue weighted by atomic mass is 10.00. The van der Waals surface area contributed by atoms with E-state index in [0.29, 0.717) is 57.8 Å². The first-order valence-corrected chi connectivity index (χ1v) is 29.3. The smallest absolute Gasteiger partial charge is 0.339 e. The third-order valence-electron chi connectivity index (χ3n) is 13.7. The Morgan fingerprint density at radius 3 is 1.52 bits per heavy atom. The van der Waals surface area contributed by atoms with Gasteiger partial charge in [-0.25, -0.2) is 13.2 Å². The van der Waals surface area contributed by atoms with Crippen molar-refractivity contribution in [3.8, 4) is 45.6 Å². The van der Waals surface area contributed by atoms with Gasteiger partial charge in [0.1, 0.15) is 39.3 Å². The van der Waals surface area contributed by atoms with E-state index in [9.17, 15) is 47.8 Å². The number of phenols is 2. The summed E-state index contributed by atoms with van der Waals surface area (Å²) in [5.74, 6) is -1.88. The predicted octanol–water partition coefficient (Wildman–Crippen LogP) is 10.5. The zero-order valence-corrected chi connectivity index (χ0v) is 52.7. The van der Waals surface area contributed by atoms with Crippen LogP contribution in [0.25, 0.3) is 11.1 Å². The normalized spacial score (nSPS) is 10.5. The number of carbonyl (C=O) groups is 4. The molecule has 1 amide bonds. The minimum atomic E-state index is -3.94. The minimum Gasteiger partial charge on any atom is -0.504 e. The molecular formula is C67H72N6O17S. The van der Waals surface area contributed by atoms with Crippen molar-refractivity contribution >= 4 is 61.7 Å². The molecule has 478 valence electrons. The van der Waals surface area contributed by atoms with Crippen LogP contribution in [-0.4, -0.2) is 133 Å². The number of hydrogen-bond acceptors (Lipinski definition) is 19. The first kappa shape index (κ1) is 70.7. The molecule has 0 heterocycles. The number of nitrogen functional groups attached to an aromatic ring is 1. The van der Waals surface area contributed by atoms with Crippen molar-refractivity contribution in [2.45, 2.75) is 36.3 Å². The Labute approximate surface area is 527 Å². The zero-order valence-electron chi connectivity index (χ0n) is 51.9. The van der Waals surface area contributed by atoms with Crippen molar-refractivity contribution in [1.29, 1.82) is 0 Å².